The molecule has 1 aliphatic heterocycles. The van der Waals surface area contributed by atoms with Crippen LogP contribution in [-0.2, 0) is 9.47 Å². The van der Waals surface area contributed by atoms with E-state index in [4.69, 9.17) is 56.7 Å². The van der Waals surface area contributed by atoms with Crippen molar-refractivity contribution in [3.8, 4) is 0 Å². The molecule has 0 aromatic rings. The summed E-state index contributed by atoms with van der Waals surface area (Å²) in [7, 11) is 0. The van der Waals surface area contributed by atoms with E-state index >= 15 is 0 Å². The molecule has 1 fully saturated rings. The third-order valence-electron chi connectivity index (χ3n) is 5.81. The van der Waals surface area contributed by atoms with Crippen LogP contribution in [-0.4, -0.2) is 64.8 Å². The summed E-state index contributed by atoms with van der Waals surface area (Å²) in [6, 6.07) is 0. The first-order valence-corrected chi connectivity index (χ1v) is 19.0. The topological polar surface area (TPSA) is 64.8 Å². The Kier molecular flexibility index (Phi) is 12.6. The minimum absolute atomic E-state index is 0.441. The molecular formula is C24H38N2O3Sn. The van der Waals surface area contributed by atoms with Crippen molar-refractivity contribution in [1.29, 1.82) is 0 Å². The van der Waals surface area contributed by atoms with E-state index in [0.29, 0.717) is 51.8 Å². The molecule has 5 nitrogen and oxygen atoms in total. The second kappa shape index (κ2) is 13.5. The van der Waals surface area contributed by atoms with Gasteiger partial charge in [-0.05, 0) is 0 Å². The molecule has 0 bridgehead atoms. The van der Waals surface area contributed by atoms with Crippen LogP contribution >= 0.6 is 0 Å². The summed E-state index contributed by atoms with van der Waals surface area (Å²) in [4.78, 5) is 13.6. The Labute approximate surface area is 190 Å². The summed E-state index contributed by atoms with van der Waals surface area (Å²) in [6.45, 7) is 34.7. The third-order valence-corrected chi connectivity index (χ3v) is 20.3. The number of hydrogen-bond acceptors (Lipinski definition) is 4. The summed E-state index contributed by atoms with van der Waals surface area (Å²) in [5.41, 5.74) is 4.11. The Balaban J connectivity index is 2.59. The van der Waals surface area contributed by atoms with Crippen LogP contribution in [0.3, 0.4) is 0 Å². The van der Waals surface area contributed by atoms with E-state index in [2.05, 4.69) is 0 Å². The average molecular weight is 521 g/mol. The molecule has 166 valence electrons. The predicted molar refractivity (Wildman–Crippen MR) is 121 cm³/mol. The zero-order valence-corrected chi connectivity index (χ0v) is 21.2. The summed E-state index contributed by atoms with van der Waals surface area (Å²) in [5, 5.41) is 0. The van der Waals surface area contributed by atoms with Crippen molar-refractivity contribution >= 4 is 24.5 Å². The number of hydrogen-bond donors (Lipinski definition) is 1. The number of piperidine rings is 1. The molecule has 0 spiro atoms. The molecule has 1 heterocycles. The number of amides is 1. The number of unbranched alkanes of at least 4 members (excludes halogenated alkanes) is 3. The molecular weight excluding hydrogens is 483 g/mol. The van der Waals surface area contributed by atoms with Crippen LogP contribution in [0.2, 0.25) is 13.3 Å². The van der Waals surface area contributed by atoms with Gasteiger partial charge in [-0.1, -0.05) is 0 Å². The van der Waals surface area contributed by atoms with Crippen molar-refractivity contribution in [2.24, 2.45) is 5.73 Å². The predicted octanol–water partition coefficient (Wildman–Crippen LogP) is 4.27. The summed E-state index contributed by atoms with van der Waals surface area (Å²) < 4.78 is 15.5. The van der Waals surface area contributed by atoms with Crippen molar-refractivity contribution < 1.29 is 14.3 Å². The first-order valence-electron chi connectivity index (χ1n) is 10.9. The van der Waals surface area contributed by atoms with E-state index in [1.165, 1.54) is 18.2 Å². The zero-order chi connectivity index (χ0) is 22.7. The van der Waals surface area contributed by atoms with E-state index in [0.717, 1.165) is 23.9 Å². The molecule has 1 rings (SSSR count). The van der Waals surface area contributed by atoms with Crippen LogP contribution in [0.1, 0.15) is 51.4 Å². The van der Waals surface area contributed by atoms with Crippen molar-refractivity contribution in [1.82, 2.24) is 4.90 Å². The molecule has 30 heavy (non-hydrogen) atoms. The van der Waals surface area contributed by atoms with Crippen molar-refractivity contribution in [2.75, 3.05) is 24.3 Å². The number of nitrogens with two attached hydrogens (primary N) is 1. The molecule has 0 aromatic heterocycles. The normalized spacial score (nSPS) is 17.2. The van der Waals surface area contributed by atoms with Crippen LogP contribution in [0.25, 0.3) is 0 Å². The van der Waals surface area contributed by atoms with Crippen LogP contribution in [0.4, 0.5) is 4.79 Å². The number of nitrogens with zero attached hydrogens (tertiary/aromatic N) is 1. The first-order chi connectivity index (χ1) is 14.1. The summed E-state index contributed by atoms with van der Waals surface area (Å²) in [6.07, 6.45) is 5.77. The Morgan fingerprint density at radius 2 is 1.43 bits per heavy atom. The molecule has 0 aliphatic carbocycles. The maximum atomic E-state index is 12.0. The van der Waals surface area contributed by atoms with Gasteiger partial charge in [-0.25, -0.2) is 0 Å². The third kappa shape index (κ3) is 10.5. The number of carbonyl (C=O) groups excluding carboxylic acids is 1. The monoisotopic (exact) mass is 522 g/mol. The van der Waals surface area contributed by atoms with Gasteiger partial charge in [0.05, 0.1) is 0 Å². The maximum absolute atomic E-state index is 12.0. The number of carbonyl (C=O) groups is 1. The van der Waals surface area contributed by atoms with Gasteiger partial charge in [0.2, 0.25) is 0 Å². The average Bonchev–Trinajstić information content (AvgIpc) is 2.68. The number of rotatable bonds is 14. The van der Waals surface area contributed by atoms with Crippen LogP contribution in [0.5, 0.6) is 0 Å². The number of ether oxygens (including phenoxy) is 2. The standard InChI is InChI=1S/C12H17N2O3.3C4H7.Sn/c1-11(2,3)17-10(15)14-7-5-12(13,6-8-14)9-16-4;3*1-3-4-2;/h1-3H,4-9,13H2;3*1H,2-4H2;. The van der Waals surface area contributed by atoms with Gasteiger partial charge in [0.25, 0.3) is 0 Å². The van der Waals surface area contributed by atoms with E-state index in [-0.39, 0.29) is 0 Å². The molecule has 2 N–H and O–H groups in total. The van der Waals surface area contributed by atoms with Crippen LogP contribution in [0.15, 0.2) is 0 Å². The Morgan fingerprint density at radius 1 is 0.967 bits per heavy atom. The fraction of sp³-hybridized carbons (Fsp3) is 0.708. The molecule has 0 atom stereocenters. The fourth-order valence-corrected chi connectivity index (χ4v) is 17.1. The van der Waals surface area contributed by atoms with Gasteiger partial charge < -0.3 is 0 Å². The van der Waals surface area contributed by atoms with Gasteiger partial charge >= 0.3 is 191 Å². The summed E-state index contributed by atoms with van der Waals surface area (Å²) in [5.74, 6) is 0. The second-order valence-electron chi connectivity index (χ2n) is 8.74. The quantitative estimate of drug-likeness (QED) is 0.347. The van der Waals surface area contributed by atoms with Gasteiger partial charge in [-0.15, -0.1) is 0 Å². The number of likely N-dealkylation sites (tertiary alicyclic amines) is 1. The summed E-state index contributed by atoms with van der Waals surface area (Å²) >= 11 is -2.55. The van der Waals surface area contributed by atoms with Gasteiger partial charge in [0.1, 0.15) is 0 Å². The van der Waals surface area contributed by atoms with Gasteiger partial charge in [0.15, 0.2) is 0 Å². The molecule has 12 radical (unpaired) electrons. The van der Waals surface area contributed by atoms with E-state index in [1.807, 2.05) is 0 Å². The molecule has 1 amide bonds. The SMILES string of the molecule is [CH]CC[CH2][Sn]([CH2]CC[CH])([CH2]CC[CH])[CH2]OCC1(N)CCN(C(=O)OC([CH])([CH])[CH])CC1. The van der Waals surface area contributed by atoms with Gasteiger partial charge in [-0.3, -0.25) is 0 Å². The Bertz CT molecular complexity index is 464. The molecule has 0 aromatic carbocycles. The Morgan fingerprint density at radius 3 is 1.83 bits per heavy atom. The molecule has 6 heteroatoms. The van der Waals surface area contributed by atoms with Crippen molar-refractivity contribution in [3.63, 3.8) is 0 Å². The zero-order valence-electron chi connectivity index (χ0n) is 18.3. The van der Waals surface area contributed by atoms with Crippen molar-refractivity contribution in [2.45, 2.75) is 75.8 Å². The van der Waals surface area contributed by atoms with E-state index in [1.54, 1.807) is 0 Å². The fourth-order valence-electron chi connectivity index (χ4n) is 3.99. The van der Waals surface area contributed by atoms with Crippen molar-refractivity contribution in [3.05, 3.63) is 41.5 Å². The molecule has 0 saturated carbocycles. The molecule has 1 saturated heterocycles. The molecule has 1 aliphatic rings. The van der Waals surface area contributed by atoms with Gasteiger partial charge in [0, 0.05) is 0 Å². The van der Waals surface area contributed by atoms with Crippen LogP contribution in [0, 0.1) is 41.5 Å². The Hall–Kier alpha value is -0.0113. The van der Waals surface area contributed by atoms with E-state index in [9.17, 15) is 4.79 Å². The first kappa shape index (κ1) is 28.0. The van der Waals surface area contributed by atoms with Gasteiger partial charge in [-0.2, -0.15) is 0 Å². The van der Waals surface area contributed by atoms with Crippen LogP contribution < -0.4 is 5.73 Å². The minimum atomic E-state index is -2.55. The van der Waals surface area contributed by atoms with E-state index < -0.39 is 35.6 Å². The molecule has 0 unspecified atom stereocenters. The second-order valence-corrected chi connectivity index (χ2v) is 22.4.